The molecule has 0 fully saturated rings. The molecular formula is C16H17ClN2OS. The van der Waals surface area contributed by atoms with Crippen molar-refractivity contribution in [3.8, 4) is 0 Å². The summed E-state index contributed by atoms with van der Waals surface area (Å²) >= 11 is 7.56. The number of rotatable bonds is 5. The Kier molecular flexibility index (Phi) is 5.65. The molecule has 0 radical (unpaired) electrons. The Labute approximate surface area is 134 Å². The van der Waals surface area contributed by atoms with E-state index in [1.807, 2.05) is 0 Å². The van der Waals surface area contributed by atoms with E-state index in [1.54, 1.807) is 23.9 Å². The normalized spacial score (nSPS) is 10.4. The number of carbonyl (C=O) groups excluding carboxylic acids is 1. The second-order valence-corrected chi connectivity index (χ2v) is 6.31. The first-order valence-electron chi connectivity index (χ1n) is 6.66. The Balaban J connectivity index is 1.79. The molecule has 110 valence electrons. The third-order valence-electron chi connectivity index (χ3n) is 3.09. The molecule has 1 aromatic carbocycles. The summed E-state index contributed by atoms with van der Waals surface area (Å²) in [7, 11) is 0. The molecular weight excluding hydrogens is 304 g/mol. The summed E-state index contributed by atoms with van der Waals surface area (Å²) in [5, 5.41) is 3.36. The van der Waals surface area contributed by atoms with Gasteiger partial charge in [0, 0.05) is 28.4 Å². The van der Waals surface area contributed by atoms with Crippen LogP contribution in [0.15, 0.2) is 41.4 Å². The lowest BCUT2D eigenvalue weighted by atomic mass is 10.1. The number of pyridine rings is 1. The standard InChI is InChI=1S/C16H17ClN2OS/c1-11-3-4-14(9-12(11)2)21-8-7-19-16(20)15-10-13(17)5-6-18-15/h3-6,9-10H,7-8H2,1-2H3,(H,19,20). The summed E-state index contributed by atoms with van der Waals surface area (Å²) in [4.78, 5) is 17.1. The highest BCUT2D eigenvalue weighted by molar-refractivity contribution is 7.99. The minimum atomic E-state index is -0.196. The summed E-state index contributed by atoms with van der Waals surface area (Å²) in [6.07, 6.45) is 1.53. The topological polar surface area (TPSA) is 42.0 Å². The van der Waals surface area contributed by atoms with E-state index in [0.29, 0.717) is 17.3 Å². The summed E-state index contributed by atoms with van der Waals surface area (Å²) < 4.78 is 0. The Morgan fingerprint density at radius 2 is 2.05 bits per heavy atom. The maximum absolute atomic E-state index is 11.9. The van der Waals surface area contributed by atoms with E-state index in [-0.39, 0.29) is 5.91 Å². The monoisotopic (exact) mass is 320 g/mol. The van der Waals surface area contributed by atoms with Gasteiger partial charge in [0.2, 0.25) is 0 Å². The smallest absolute Gasteiger partial charge is 0.269 e. The SMILES string of the molecule is Cc1ccc(SCCNC(=O)c2cc(Cl)ccn2)cc1C. The van der Waals surface area contributed by atoms with Crippen LogP contribution >= 0.6 is 23.4 Å². The van der Waals surface area contributed by atoms with Gasteiger partial charge in [-0.05, 0) is 49.2 Å². The lowest BCUT2D eigenvalue weighted by Crippen LogP contribution is -2.26. The number of amides is 1. The number of carbonyl (C=O) groups is 1. The van der Waals surface area contributed by atoms with E-state index >= 15 is 0 Å². The van der Waals surface area contributed by atoms with Gasteiger partial charge in [-0.3, -0.25) is 9.78 Å². The van der Waals surface area contributed by atoms with Crippen molar-refractivity contribution in [2.45, 2.75) is 18.7 Å². The summed E-state index contributed by atoms with van der Waals surface area (Å²) in [6, 6.07) is 9.60. The third-order valence-corrected chi connectivity index (χ3v) is 4.32. The maximum Gasteiger partial charge on any atom is 0.269 e. The number of aryl methyl sites for hydroxylation is 2. The van der Waals surface area contributed by atoms with Gasteiger partial charge in [-0.25, -0.2) is 0 Å². The van der Waals surface area contributed by atoms with Gasteiger partial charge in [0.1, 0.15) is 5.69 Å². The number of nitrogens with one attached hydrogen (secondary N) is 1. The van der Waals surface area contributed by atoms with Gasteiger partial charge in [-0.1, -0.05) is 17.7 Å². The molecule has 0 aliphatic rings. The van der Waals surface area contributed by atoms with Crippen molar-refractivity contribution >= 4 is 29.3 Å². The van der Waals surface area contributed by atoms with Crippen LogP contribution in [0.2, 0.25) is 5.02 Å². The molecule has 0 atom stereocenters. The van der Waals surface area contributed by atoms with Crippen LogP contribution in [0.1, 0.15) is 21.6 Å². The molecule has 1 aromatic heterocycles. The summed E-state index contributed by atoms with van der Waals surface area (Å²) in [5.41, 5.74) is 2.92. The molecule has 21 heavy (non-hydrogen) atoms. The van der Waals surface area contributed by atoms with Gasteiger partial charge in [0.15, 0.2) is 0 Å². The molecule has 2 rings (SSSR count). The molecule has 0 saturated carbocycles. The number of hydrogen-bond acceptors (Lipinski definition) is 3. The van der Waals surface area contributed by atoms with Crippen molar-refractivity contribution in [3.05, 3.63) is 58.4 Å². The number of thioether (sulfide) groups is 1. The Bertz CT molecular complexity index is 646. The Hall–Kier alpha value is -1.52. The number of halogens is 1. The molecule has 1 heterocycles. The van der Waals surface area contributed by atoms with Gasteiger partial charge < -0.3 is 5.32 Å². The number of aromatic nitrogens is 1. The van der Waals surface area contributed by atoms with Crippen LogP contribution < -0.4 is 5.32 Å². The Morgan fingerprint density at radius 3 is 2.76 bits per heavy atom. The molecule has 1 N–H and O–H groups in total. The van der Waals surface area contributed by atoms with E-state index in [0.717, 1.165) is 5.75 Å². The van der Waals surface area contributed by atoms with Crippen molar-refractivity contribution in [1.82, 2.24) is 10.3 Å². The first-order chi connectivity index (χ1) is 10.1. The second kappa shape index (κ2) is 7.48. The zero-order chi connectivity index (χ0) is 15.2. The van der Waals surface area contributed by atoms with Crippen molar-refractivity contribution in [2.75, 3.05) is 12.3 Å². The van der Waals surface area contributed by atoms with Crippen LogP contribution in [-0.2, 0) is 0 Å². The lowest BCUT2D eigenvalue weighted by molar-refractivity contribution is 0.0951. The molecule has 1 amide bonds. The minimum Gasteiger partial charge on any atom is -0.350 e. The fourth-order valence-corrected chi connectivity index (χ4v) is 2.78. The highest BCUT2D eigenvalue weighted by atomic mass is 35.5. The van der Waals surface area contributed by atoms with Crippen LogP contribution in [0.4, 0.5) is 0 Å². The van der Waals surface area contributed by atoms with Crippen LogP contribution in [0, 0.1) is 13.8 Å². The van der Waals surface area contributed by atoms with Crippen LogP contribution in [0.3, 0.4) is 0 Å². The molecule has 5 heteroatoms. The fourth-order valence-electron chi connectivity index (χ4n) is 1.76. The first kappa shape index (κ1) is 15.9. The van der Waals surface area contributed by atoms with E-state index < -0.39 is 0 Å². The van der Waals surface area contributed by atoms with Gasteiger partial charge in [-0.15, -0.1) is 11.8 Å². The highest BCUT2D eigenvalue weighted by Gasteiger charge is 2.06. The number of benzene rings is 1. The summed E-state index contributed by atoms with van der Waals surface area (Å²) in [6.45, 7) is 4.79. The fraction of sp³-hybridized carbons (Fsp3) is 0.250. The zero-order valence-electron chi connectivity index (χ0n) is 12.0. The largest absolute Gasteiger partial charge is 0.350 e. The molecule has 0 spiro atoms. The molecule has 0 bridgehead atoms. The number of hydrogen-bond donors (Lipinski definition) is 1. The van der Waals surface area contributed by atoms with E-state index in [4.69, 9.17) is 11.6 Å². The van der Waals surface area contributed by atoms with Crippen LogP contribution in [0.25, 0.3) is 0 Å². The Morgan fingerprint density at radius 1 is 1.24 bits per heavy atom. The predicted molar refractivity (Wildman–Crippen MR) is 88.2 cm³/mol. The quantitative estimate of drug-likeness (QED) is 0.671. The molecule has 0 unspecified atom stereocenters. The third kappa shape index (κ3) is 4.76. The van der Waals surface area contributed by atoms with Gasteiger partial charge >= 0.3 is 0 Å². The molecule has 2 aromatic rings. The highest BCUT2D eigenvalue weighted by Crippen LogP contribution is 2.20. The zero-order valence-corrected chi connectivity index (χ0v) is 13.6. The van der Waals surface area contributed by atoms with Gasteiger partial charge in [-0.2, -0.15) is 0 Å². The molecule has 0 saturated heterocycles. The minimum absolute atomic E-state index is 0.196. The molecule has 0 aliphatic carbocycles. The molecule has 3 nitrogen and oxygen atoms in total. The van der Waals surface area contributed by atoms with E-state index in [1.165, 1.54) is 22.2 Å². The first-order valence-corrected chi connectivity index (χ1v) is 8.02. The average Bonchev–Trinajstić information content (AvgIpc) is 2.47. The van der Waals surface area contributed by atoms with Gasteiger partial charge in [0.25, 0.3) is 5.91 Å². The van der Waals surface area contributed by atoms with Crippen molar-refractivity contribution in [2.24, 2.45) is 0 Å². The molecule has 0 aliphatic heterocycles. The van der Waals surface area contributed by atoms with E-state index in [2.05, 4.69) is 42.3 Å². The van der Waals surface area contributed by atoms with Crippen molar-refractivity contribution < 1.29 is 4.79 Å². The number of nitrogens with zero attached hydrogens (tertiary/aromatic N) is 1. The lowest BCUT2D eigenvalue weighted by Gasteiger charge is -2.06. The van der Waals surface area contributed by atoms with Crippen LogP contribution in [0.5, 0.6) is 0 Å². The van der Waals surface area contributed by atoms with Crippen LogP contribution in [-0.4, -0.2) is 23.2 Å². The van der Waals surface area contributed by atoms with Gasteiger partial charge in [0.05, 0.1) is 0 Å². The second-order valence-electron chi connectivity index (χ2n) is 4.71. The predicted octanol–water partition coefficient (Wildman–Crippen LogP) is 3.87. The average molecular weight is 321 g/mol. The van der Waals surface area contributed by atoms with E-state index in [9.17, 15) is 4.79 Å². The van der Waals surface area contributed by atoms with Crippen molar-refractivity contribution in [1.29, 1.82) is 0 Å². The summed E-state index contributed by atoms with van der Waals surface area (Å²) in [5.74, 6) is 0.618. The van der Waals surface area contributed by atoms with Crippen molar-refractivity contribution in [3.63, 3.8) is 0 Å². The maximum atomic E-state index is 11.9.